The lowest BCUT2D eigenvalue weighted by Crippen LogP contribution is -2.51. The second-order valence-electron chi connectivity index (χ2n) is 4.29. The van der Waals surface area contributed by atoms with E-state index in [1.165, 1.54) is 0 Å². The Morgan fingerprint density at radius 3 is 3.00 bits per heavy atom. The number of phenolic OH excluding ortho intramolecular Hbond substituents is 1. The second kappa shape index (κ2) is 3.81. The van der Waals surface area contributed by atoms with Crippen LogP contribution in [0.4, 0.5) is 4.39 Å². The molecular weight excluding hydrogens is 193 g/mol. The van der Waals surface area contributed by atoms with Crippen LogP contribution in [0.15, 0.2) is 24.3 Å². The summed E-state index contributed by atoms with van der Waals surface area (Å²) in [6.07, 6.45) is 0.558. The predicted octanol–water partition coefficient (Wildman–Crippen LogP) is 2.33. The van der Waals surface area contributed by atoms with E-state index in [0.717, 1.165) is 18.5 Å². The van der Waals surface area contributed by atoms with Gasteiger partial charge < -0.3 is 10.4 Å². The van der Waals surface area contributed by atoms with Crippen LogP contribution in [0, 0.1) is 0 Å². The van der Waals surface area contributed by atoms with Crippen molar-refractivity contribution >= 4 is 0 Å². The first kappa shape index (κ1) is 10.4. The summed E-state index contributed by atoms with van der Waals surface area (Å²) in [6, 6.07) is 6.83. The van der Waals surface area contributed by atoms with Gasteiger partial charge in [0.15, 0.2) is 0 Å². The minimum absolute atomic E-state index is 0.188. The van der Waals surface area contributed by atoms with Gasteiger partial charge in [0.05, 0.1) is 5.54 Å². The van der Waals surface area contributed by atoms with Crippen LogP contribution in [0.25, 0.3) is 0 Å². The Hall–Kier alpha value is -1.09. The lowest BCUT2D eigenvalue weighted by molar-refractivity contribution is 0.121. The highest BCUT2D eigenvalue weighted by Gasteiger charge is 2.38. The number of nitrogens with one attached hydrogen (secondary N) is 1. The number of benzene rings is 1. The zero-order valence-corrected chi connectivity index (χ0v) is 8.83. The third-order valence-electron chi connectivity index (χ3n) is 3.20. The summed E-state index contributed by atoms with van der Waals surface area (Å²) in [5, 5.41) is 12.6. The highest BCUT2D eigenvalue weighted by atomic mass is 19.1. The summed E-state index contributed by atoms with van der Waals surface area (Å²) in [5.74, 6) is 0.188. The number of hydrogen-bond acceptors (Lipinski definition) is 2. The van der Waals surface area contributed by atoms with E-state index < -0.39 is 11.7 Å². The van der Waals surface area contributed by atoms with Crippen molar-refractivity contribution in [1.82, 2.24) is 5.32 Å². The molecular formula is C12H16FNO. The number of aromatic hydroxyl groups is 1. The highest BCUT2D eigenvalue weighted by molar-refractivity contribution is 5.33. The van der Waals surface area contributed by atoms with Crippen LogP contribution in [0.1, 0.15) is 25.3 Å². The maximum absolute atomic E-state index is 13.9. The third-order valence-corrected chi connectivity index (χ3v) is 3.20. The monoisotopic (exact) mass is 209 g/mol. The summed E-state index contributed by atoms with van der Waals surface area (Å²) in [4.78, 5) is 0. The second-order valence-corrected chi connectivity index (χ2v) is 4.29. The Labute approximate surface area is 89.1 Å². The van der Waals surface area contributed by atoms with Crippen LogP contribution >= 0.6 is 0 Å². The van der Waals surface area contributed by atoms with E-state index in [1.54, 1.807) is 18.2 Å². The largest absolute Gasteiger partial charge is 0.508 e. The average molecular weight is 209 g/mol. The Morgan fingerprint density at radius 1 is 1.53 bits per heavy atom. The summed E-state index contributed by atoms with van der Waals surface area (Å²) in [7, 11) is 0. The topological polar surface area (TPSA) is 32.3 Å². The third kappa shape index (κ3) is 1.84. The van der Waals surface area contributed by atoms with Crippen LogP contribution in [-0.2, 0) is 5.54 Å². The van der Waals surface area contributed by atoms with Gasteiger partial charge in [0, 0.05) is 0 Å². The Balaban J connectivity index is 2.34. The zero-order chi connectivity index (χ0) is 10.9. The molecule has 3 heteroatoms. The summed E-state index contributed by atoms with van der Waals surface area (Å²) >= 11 is 0. The standard InChI is InChI=1S/C12H16FNO/c1-12(11(13)6-3-7-14-12)9-4-2-5-10(15)8-9/h2,4-5,8,11,14-15H,3,6-7H2,1H3. The molecule has 1 aliphatic rings. The van der Waals surface area contributed by atoms with E-state index >= 15 is 0 Å². The van der Waals surface area contributed by atoms with Crippen LogP contribution in [0.2, 0.25) is 0 Å². The van der Waals surface area contributed by atoms with Crippen LogP contribution < -0.4 is 5.32 Å². The molecule has 1 saturated heterocycles. The average Bonchev–Trinajstić information content (AvgIpc) is 2.23. The first-order valence-electron chi connectivity index (χ1n) is 5.31. The molecule has 0 radical (unpaired) electrons. The van der Waals surface area contributed by atoms with Crippen molar-refractivity contribution in [3.05, 3.63) is 29.8 Å². The number of halogens is 1. The molecule has 1 aromatic carbocycles. The van der Waals surface area contributed by atoms with E-state index in [4.69, 9.17) is 0 Å². The summed E-state index contributed by atoms with van der Waals surface area (Å²) in [6.45, 7) is 2.68. The molecule has 82 valence electrons. The van der Waals surface area contributed by atoms with Gasteiger partial charge >= 0.3 is 0 Å². The molecule has 0 aliphatic carbocycles. The molecule has 0 spiro atoms. The molecule has 0 saturated carbocycles. The Morgan fingerprint density at radius 2 is 2.33 bits per heavy atom. The van der Waals surface area contributed by atoms with Gasteiger partial charge in [-0.3, -0.25) is 0 Å². The molecule has 2 rings (SSSR count). The van der Waals surface area contributed by atoms with E-state index in [9.17, 15) is 9.50 Å². The summed E-state index contributed by atoms with van der Waals surface area (Å²) < 4.78 is 13.9. The predicted molar refractivity (Wildman–Crippen MR) is 57.6 cm³/mol. The van der Waals surface area contributed by atoms with E-state index in [0.29, 0.717) is 6.42 Å². The molecule has 0 aromatic heterocycles. The number of alkyl halides is 1. The smallest absolute Gasteiger partial charge is 0.122 e. The highest BCUT2D eigenvalue weighted by Crippen LogP contribution is 2.33. The van der Waals surface area contributed by atoms with Crippen molar-refractivity contribution in [3.8, 4) is 5.75 Å². The van der Waals surface area contributed by atoms with Gasteiger partial charge in [-0.1, -0.05) is 12.1 Å². The molecule has 2 N–H and O–H groups in total. The molecule has 0 bridgehead atoms. The van der Waals surface area contributed by atoms with Crippen molar-refractivity contribution < 1.29 is 9.50 Å². The molecule has 0 amide bonds. The van der Waals surface area contributed by atoms with Gasteiger partial charge in [-0.25, -0.2) is 4.39 Å². The minimum Gasteiger partial charge on any atom is -0.508 e. The maximum atomic E-state index is 13.9. The molecule has 1 fully saturated rings. The molecule has 2 atom stereocenters. The fraction of sp³-hybridized carbons (Fsp3) is 0.500. The number of phenols is 1. The molecule has 15 heavy (non-hydrogen) atoms. The molecule has 1 aromatic rings. The van der Waals surface area contributed by atoms with E-state index in [2.05, 4.69) is 5.32 Å². The van der Waals surface area contributed by atoms with Gasteiger partial charge in [0.25, 0.3) is 0 Å². The number of piperidine rings is 1. The van der Waals surface area contributed by atoms with Crippen molar-refractivity contribution in [2.45, 2.75) is 31.5 Å². The fourth-order valence-electron chi connectivity index (χ4n) is 2.14. The van der Waals surface area contributed by atoms with Crippen LogP contribution in [0.3, 0.4) is 0 Å². The quantitative estimate of drug-likeness (QED) is 0.744. The molecule has 1 aliphatic heterocycles. The lowest BCUT2D eigenvalue weighted by Gasteiger charge is -2.38. The van der Waals surface area contributed by atoms with E-state index in [1.807, 2.05) is 13.0 Å². The van der Waals surface area contributed by atoms with Gasteiger partial charge in [-0.2, -0.15) is 0 Å². The minimum atomic E-state index is -0.895. The van der Waals surface area contributed by atoms with Crippen molar-refractivity contribution in [2.75, 3.05) is 6.54 Å². The molecule has 1 heterocycles. The lowest BCUT2D eigenvalue weighted by atomic mass is 9.82. The Kier molecular flexibility index (Phi) is 2.65. The van der Waals surface area contributed by atoms with Gasteiger partial charge in [0.2, 0.25) is 0 Å². The van der Waals surface area contributed by atoms with Crippen LogP contribution in [-0.4, -0.2) is 17.8 Å². The molecule has 2 nitrogen and oxygen atoms in total. The Bertz CT molecular complexity index is 355. The first-order chi connectivity index (χ1) is 7.13. The molecule has 2 unspecified atom stereocenters. The maximum Gasteiger partial charge on any atom is 0.122 e. The van der Waals surface area contributed by atoms with Crippen molar-refractivity contribution in [3.63, 3.8) is 0 Å². The summed E-state index contributed by atoms with van der Waals surface area (Å²) in [5.41, 5.74) is 0.159. The van der Waals surface area contributed by atoms with E-state index in [-0.39, 0.29) is 5.75 Å². The van der Waals surface area contributed by atoms with Gasteiger partial charge in [-0.15, -0.1) is 0 Å². The zero-order valence-electron chi connectivity index (χ0n) is 8.83. The normalized spacial score (nSPS) is 31.5. The fourth-order valence-corrected chi connectivity index (χ4v) is 2.14. The van der Waals surface area contributed by atoms with Crippen LogP contribution in [0.5, 0.6) is 5.75 Å². The first-order valence-corrected chi connectivity index (χ1v) is 5.31. The van der Waals surface area contributed by atoms with Crippen molar-refractivity contribution in [1.29, 1.82) is 0 Å². The van der Waals surface area contributed by atoms with Gasteiger partial charge in [-0.05, 0) is 44.0 Å². The number of rotatable bonds is 1. The van der Waals surface area contributed by atoms with Crippen molar-refractivity contribution in [2.24, 2.45) is 0 Å². The van der Waals surface area contributed by atoms with Gasteiger partial charge in [0.1, 0.15) is 11.9 Å². The number of hydrogen-bond donors (Lipinski definition) is 2. The SMILES string of the molecule is CC1(c2cccc(O)c2)NCCCC1F.